The van der Waals surface area contributed by atoms with Gasteiger partial charge in [-0.2, -0.15) is 0 Å². The zero-order valence-electron chi connectivity index (χ0n) is 14.3. The minimum absolute atomic E-state index is 0.0225. The van der Waals surface area contributed by atoms with Crippen molar-refractivity contribution in [3.05, 3.63) is 29.8 Å². The van der Waals surface area contributed by atoms with Crippen LogP contribution in [0.4, 0.5) is 0 Å². The van der Waals surface area contributed by atoms with Gasteiger partial charge < -0.3 is 19.9 Å². The van der Waals surface area contributed by atoms with Crippen molar-refractivity contribution in [1.29, 1.82) is 0 Å². The van der Waals surface area contributed by atoms with Crippen molar-refractivity contribution in [2.24, 2.45) is 5.92 Å². The second-order valence-corrected chi connectivity index (χ2v) is 6.80. The lowest BCUT2D eigenvalue weighted by Gasteiger charge is -2.27. The lowest BCUT2D eigenvalue weighted by Crippen LogP contribution is -2.38. The van der Waals surface area contributed by atoms with Crippen molar-refractivity contribution in [2.75, 3.05) is 13.2 Å². The Balaban J connectivity index is 1.55. The number of hydrogen-bond acceptors (Lipinski definition) is 4. The van der Waals surface area contributed by atoms with Crippen molar-refractivity contribution >= 4 is 11.9 Å². The third kappa shape index (κ3) is 4.72. The number of nitrogens with one attached hydrogen (secondary N) is 1. The molecule has 1 saturated carbocycles. The van der Waals surface area contributed by atoms with Crippen molar-refractivity contribution in [3.8, 4) is 5.75 Å². The topological polar surface area (TPSA) is 84.9 Å². The number of rotatable bonds is 6. The van der Waals surface area contributed by atoms with E-state index in [9.17, 15) is 9.59 Å². The zero-order valence-corrected chi connectivity index (χ0v) is 14.3. The Bertz CT molecular complexity index is 604. The van der Waals surface area contributed by atoms with Gasteiger partial charge in [0, 0.05) is 12.6 Å². The van der Waals surface area contributed by atoms with Gasteiger partial charge in [-0.3, -0.25) is 9.59 Å². The van der Waals surface area contributed by atoms with Crippen LogP contribution in [0.3, 0.4) is 0 Å². The molecule has 1 aromatic carbocycles. The summed E-state index contributed by atoms with van der Waals surface area (Å²) in [6.45, 7) is 1.23. The lowest BCUT2D eigenvalue weighted by molar-refractivity contribution is -0.142. The van der Waals surface area contributed by atoms with Gasteiger partial charge in [0.1, 0.15) is 12.4 Å². The van der Waals surface area contributed by atoms with E-state index < -0.39 is 5.97 Å². The molecule has 3 rings (SSSR count). The molecule has 1 aliphatic heterocycles. The molecule has 25 heavy (non-hydrogen) atoms. The molecule has 2 N–H and O–H groups in total. The van der Waals surface area contributed by atoms with Gasteiger partial charge in [-0.25, -0.2) is 0 Å². The van der Waals surface area contributed by atoms with Gasteiger partial charge in [-0.1, -0.05) is 12.1 Å². The quantitative estimate of drug-likeness (QED) is 0.826. The van der Waals surface area contributed by atoms with E-state index in [2.05, 4.69) is 5.32 Å². The molecule has 6 nitrogen and oxygen atoms in total. The maximum Gasteiger partial charge on any atom is 0.306 e. The molecule has 1 aliphatic carbocycles. The van der Waals surface area contributed by atoms with Gasteiger partial charge in [-0.15, -0.1) is 0 Å². The van der Waals surface area contributed by atoms with Gasteiger partial charge in [0.25, 0.3) is 5.91 Å². The number of ether oxygens (including phenoxy) is 2. The molecular weight excluding hydrogens is 322 g/mol. The molecule has 1 saturated heterocycles. The molecule has 6 heteroatoms. The lowest BCUT2D eigenvalue weighted by atomic mass is 9.86. The van der Waals surface area contributed by atoms with E-state index >= 15 is 0 Å². The fraction of sp³-hybridized carbons (Fsp3) is 0.579. The van der Waals surface area contributed by atoms with Crippen LogP contribution in [0, 0.1) is 5.92 Å². The number of carbonyl (C=O) groups excluding carboxylic acids is 1. The van der Waals surface area contributed by atoms with Crippen LogP contribution in [0.15, 0.2) is 24.3 Å². The smallest absolute Gasteiger partial charge is 0.306 e. The predicted molar refractivity (Wildman–Crippen MR) is 91.8 cm³/mol. The fourth-order valence-corrected chi connectivity index (χ4v) is 3.49. The zero-order chi connectivity index (χ0) is 17.6. The van der Waals surface area contributed by atoms with Crippen LogP contribution in [0.2, 0.25) is 0 Å². The number of hydrogen-bond donors (Lipinski definition) is 2. The standard InChI is InChI=1S/C19H25NO5/c21-18(20-14-9-7-13(8-10-14)19(22)23)16-5-1-2-6-17(16)25-12-15-4-3-11-24-15/h1-2,5-6,13-15H,3-4,7-12H2,(H,20,21)(H,22,23)/t13?,14?,15-/m0/s1. The molecule has 2 fully saturated rings. The summed E-state index contributed by atoms with van der Waals surface area (Å²) in [5.74, 6) is -0.621. The molecule has 0 bridgehead atoms. The average Bonchev–Trinajstić information content (AvgIpc) is 3.14. The molecule has 0 unspecified atom stereocenters. The third-order valence-electron chi connectivity index (χ3n) is 4.99. The summed E-state index contributed by atoms with van der Waals surface area (Å²) in [5.41, 5.74) is 0.515. The van der Waals surface area contributed by atoms with Crippen LogP contribution in [0.1, 0.15) is 48.9 Å². The molecule has 2 aliphatic rings. The fourth-order valence-electron chi connectivity index (χ4n) is 3.49. The summed E-state index contributed by atoms with van der Waals surface area (Å²) < 4.78 is 11.4. The summed E-state index contributed by atoms with van der Waals surface area (Å²) in [5, 5.41) is 12.1. The van der Waals surface area contributed by atoms with Crippen LogP contribution >= 0.6 is 0 Å². The van der Waals surface area contributed by atoms with Crippen LogP contribution in [0.5, 0.6) is 5.75 Å². The molecular formula is C19H25NO5. The number of carbonyl (C=O) groups is 2. The van der Waals surface area contributed by atoms with Crippen LogP contribution in [-0.2, 0) is 9.53 Å². The summed E-state index contributed by atoms with van der Waals surface area (Å²) in [6, 6.07) is 7.23. The molecule has 1 heterocycles. The Kier molecular flexibility index (Phi) is 5.91. The molecule has 136 valence electrons. The highest BCUT2D eigenvalue weighted by molar-refractivity contribution is 5.97. The second kappa shape index (κ2) is 8.34. The Hall–Kier alpha value is -2.08. The molecule has 1 amide bonds. The van der Waals surface area contributed by atoms with Crippen LogP contribution < -0.4 is 10.1 Å². The predicted octanol–water partition coefficient (Wildman–Crippen LogP) is 2.62. The van der Waals surface area contributed by atoms with E-state index in [1.165, 1.54) is 0 Å². The van der Waals surface area contributed by atoms with Crippen molar-refractivity contribution in [3.63, 3.8) is 0 Å². The van der Waals surface area contributed by atoms with E-state index in [-0.39, 0.29) is 24.0 Å². The largest absolute Gasteiger partial charge is 0.490 e. The Morgan fingerprint density at radius 2 is 1.92 bits per heavy atom. The summed E-state index contributed by atoms with van der Waals surface area (Å²) in [4.78, 5) is 23.6. The maximum atomic E-state index is 12.6. The monoisotopic (exact) mass is 347 g/mol. The number of aliphatic carboxylic acids is 1. The summed E-state index contributed by atoms with van der Waals surface area (Å²) in [7, 11) is 0. The number of carboxylic acid groups (broad SMARTS) is 1. The van der Waals surface area contributed by atoms with Crippen molar-refractivity contribution in [1.82, 2.24) is 5.32 Å². The van der Waals surface area contributed by atoms with Gasteiger partial charge in [0.05, 0.1) is 17.6 Å². The highest BCUT2D eigenvalue weighted by Crippen LogP contribution is 2.26. The minimum Gasteiger partial charge on any atom is -0.490 e. The van der Waals surface area contributed by atoms with E-state index in [1.54, 1.807) is 12.1 Å². The van der Waals surface area contributed by atoms with Crippen molar-refractivity contribution < 1.29 is 24.2 Å². The van der Waals surface area contributed by atoms with Gasteiger partial charge in [0.2, 0.25) is 0 Å². The van der Waals surface area contributed by atoms with Crippen LogP contribution in [0.25, 0.3) is 0 Å². The van der Waals surface area contributed by atoms with Crippen LogP contribution in [-0.4, -0.2) is 42.3 Å². The first-order valence-electron chi connectivity index (χ1n) is 9.00. The molecule has 0 aromatic heterocycles. The average molecular weight is 347 g/mol. The Labute approximate surface area is 147 Å². The molecule has 0 spiro atoms. The molecule has 0 radical (unpaired) electrons. The van der Waals surface area contributed by atoms with Gasteiger partial charge in [0.15, 0.2) is 0 Å². The summed E-state index contributed by atoms with van der Waals surface area (Å²) in [6.07, 6.45) is 4.75. The third-order valence-corrected chi connectivity index (χ3v) is 4.99. The highest BCUT2D eigenvalue weighted by Gasteiger charge is 2.27. The number of carboxylic acids is 1. The Morgan fingerprint density at radius 1 is 1.16 bits per heavy atom. The minimum atomic E-state index is -0.738. The first-order valence-corrected chi connectivity index (χ1v) is 9.00. The normalized spacial score (nSPS) is 26.2. The van der Waals surface area contributed by atoms with E-state index in [1.807, 2.05) is 12.1 Å². The number of para-hydroxylation sites is 1. The number of amides is 1. The second-order valence-electron chi connectivity index (χ2n) is 6.80. The van der Waals surface area contributed by atoms with Gasteiger partial charge >= 0.3 is 5.97 Å². The van der Waals surface area contributed by atoms with E-state index in [0.717, 1.165) is 19.4 Å². The number of benzene rings is 1. The molecule has 1 aromatic rings. The Morgan fingerprint density at radius 3 is 2.60 bits per heavy atom. The van der Waals surface area contributed by atoms with E-state index in [0.29, 0.717) is 43.6 Å². The summed E-state index contributed by atoms with van der Waals surface area (Å²) >= 11 is 0. The van der Waals surface area contributed by atoms with Gasteiger partial charge in [-0.05, 0) is 50.7 Å². The first-order chi connectivity index (χ1) is 12.1. The first kappa shape index (κ1) is 17.7. The molecule has 1 atom stereocenters. The van der Waals surface area contributed by atoms with Crippen molar-refractivity contribution in [2.45, 2.75) is 50.7 Å². The van der Waals surface area contributed by atoms with E-state index in [4.69, 9.17) is 14.6 Å². The SMILES string of the molecule is O=C(NC1CCC(C(=O)O)CC1)c1ccccc1OC[C@@H]1CCCO1. The maximum absolute atomic E-state index is 12.6. The highest BCUT2D eigenvalue weighted by atomic mass is 16.5.